The van der Waals surface area contributed by atoms with Crippen LogP contribution in [0.15, 0.2) is 24.3 Å². The first-order chi connectivity index (χ1) is 9.06. The predicted molar refractivity (Wildman–Crippen MR) is 71.3 cm³/mol. The van der Waals surface area contributed by atoms with E-state index in [1.165, 1.54) is 0 Å². The topological polar surface area (TPSA) is 81.4 Å². The van der Waals surface area contributed by atoms with E-state index in [9.17, 15) is 9.59 Å². The number of carbonyl (C=O) groups is 2. The molecule has 0 aliphatic heterocycles. The second-order valence-electron chi connectivity index (χ2n) is 4.79. The van der Waals surface area contributed by atoms with Crippen molar-refractivity contribution in [3.8, 4) is 0 Å². The van der Waals surface area contributed by atoms with Crippen LogP contribution in [-0.2, 0) is 20.7 Å². The Labute approximate surface area is 112 Å². The molecule has 1 aliphatic rings. The van der Waals surface area contributed by atoms with Gasteiger partial charge in [-0.3, -0.25) is 9.59 Å². The average Bonchev–Trinajstić information content (AvgIpc) is 3.16. The number of nitrogens with two attached hydrogens (primary N) is 1. The van der Waals surface area contributed by atoms with Gasteiger partial charge in [-0.05, 0) is 31.4 Å². The normalized spacial score (nSPS) is 15.6. The zero-order valence-corrected chi connectivity index (χ0v) is 10.9. The third-order valence-electron chi connectivity index (χ3n) is 2.99. The lowest BCUT2D eigenvalue weighted by Gasteiger charge is -2.13. The average molecular weight is 262 g/mol. The molecular weight excluding hydrogens is 244 g/mol. The van der Waals surface area contributed by atoms with Gasteiger partial charge in [0.05, 0.1) is 6.42 Å². The highest BCUT2D eigenvalue weighted by atomic mass is 16.5. The Bertz CT molecular complexity index is 483. The van der Waals surface area contributed by atoms with Crippen LogP contribution in [0.3, 0.4) is 0 Å². The molecule has 0 spiro atoms. The van der Waals surface area contributed by atoms with Crippen LogP contribution in [0, 0.1) is 0 Å². The number of rotatable bonds is 5. The van der Waals surface area contributed by atoms with E-state index >= 15 is 0 Å². The second-order valence-corrected chi connectivity index (χ2v) is 4.79. The van der Waals surface area contributed by atoms with Crippen molar-refractivity contribution in [3.63, 3.8) is 0 Å². The summed E-state index contributed by atoms with van der Waals surface area (Å²) >= 11 is 0. The molecular formula is C14H18N2O3. The summed E-state index contributed by atoms with van der Waals surface area (Å²) < 4.78 is 5.09. The summed E-state index contributed by atoms with van der Waals surface area (Å²) in [6, 6.07) is 7.37. The lowest BCUT2D eigenvalue weighted by atomic mass is 10.1. The number of carbonyl (C=O) groups excluding carboxylic acids is 2. The van der Waals surface area contributed by atoms with Crippen molar-refractivity contribution in [2.24, 2.45) is 0 Å². The molecule has 102 valence electrons. The van der Waals surface area contributed by atoms with E-state index in [0.29, 0.717) is 11.3 Å². The molecule has 0 saturated heterocycles. The van der Waals surface area contributed by atoms with E-state index < -0.39 is 12.1 Å². The monoisotopic (exact) mass is 262 g/mol. The van der Waals surface area contributed by atoms with Crippen LogP contribution in [0.4, 0.5) is 5.69 Å². The van der Waals surface area contributed by atoms with E-state index in [-0.39, 0.29) is 18.4 Å². The van der Waals surface area contributed by atoms with Crippen LogP contribution in [0.5, 0.6) is 0 Å². The Morgan fingerprint density at radius 1 is 1.42 bits per heavy atom. The highest BCUT2D eigenvalue weighted by molar-refractivity contribution is 5.84. The minimum atomic E-state index is -0.766. The van der Waals surface area contributed by atoms with Crippen molar-refractivity contribution in [2.75, 3.05) is 5.73 Å². The molecule has 5 heteroatoms. The van der Waals surface area contributed by atoms with Gasteiger partial charge < -0.3 is 15.8 Å². The maximum Gasteiger partial charge on any atom is 0.311 e. The van der Waals surface area contributed by atoms with Crippen molar-refractivity contribution in [2.45, 2.75) is 38.3 Å². The Morgan fingerprint density at radius 3 is 2.74 bits per heavy atom. The van der Waals surface area contributed by atoms with Gasteiger partial charge in [-0.2, -0.15) is 0 Å². The summed E-state index contributed by atoms with van der Waals surface area (Å²) in [7, 11) is 0. The van der Waals surface area contributed by atoms with E-state index in [1.54, 1.807) is 25.1 Å². The minimum absolute atomic E-state index is 0.0771. The Balaban J connectivity index is 1.83. The molecule has 1 amide bonds. The number of ether oxygens (including phenoxy) is 1. The van der Waals surface area contributed by atoms with Gasteiger partial charge in [-0.1, -0.05) is 18.2 Å². The van der Waals surface area contributed by atoms with Crippen LogP contribution in [-0.4, -0.2) is 24.0 Å². The van der Waals surface area contributed by atoms with Crippen molar-refractivity contribution in [3.05, 3.63) is 29.8 Å². The van der Waals surface area contributed by atoms with Crippen molar-refractivity contribution < 1.29 is 14.3 Å². The first kappa shape index (κ1) is 13.4. The van der Waals surface area contributed by atoms with E-state index in [2.05, 4.69) is 5.32 Å². The van der Waals surface area contributed by atoms with Gasteiger partial charge in [0.15, 0.2) is 6.10 Å². The number of esters is 1. The molecule has 3 N–H and O–H groups in total. The Kier molecular flexibility index (Phi) is 4.04. The SMILES string of the molecule is CC(OC(=O)Cc1ccccc1N)C(=O)NC1CC1. The minimum Gasteiger partial charge on any atom is -0.452 e. The fraction of sp³-hybridized carbons (Fsp3) is 0.429. The lowest BCUT2D eigenvalue weighted by molar-refractivity contribution is -0.154. The van der Waals surface area contributed by atoms with Gasteiger partial charge in [0.25, 0.3) is 5.91 Å². The number of para-hydroxylation sites is 1. The fourth-order valence-electron chi connectivity index (χ4n) is 1.69. The molecule has 1 aromatic rings. The maximum absolute atomic E-state index is 11.7. The van der Waals surface area contributed by atoms with Crippen LogP contribution in [0.2, 0.25) is 0 Å². The van der Waals surface area contributed by atoms with E-state index in [1.807, 2.05) is 6.07 Å². The highest BCUT2D eigenvalue weighted by Crippen LogP contribution is 2.19. The van der Waals surface area contributed by atoms with Crippen molar-refractivity contribution in [1.82, 2.24) is 5.32 Å². The summed E-state index contributed by atoms with van der Waals surface area (Å²) in [4.78, 5) is 23.4. The highest BCUT2D eigenvalue weighted by Gasteiger charge is 2.27. The summed E-state index contributed by atoms with van der Waals surface area (Å²) in [6.07, 6.45) is 1.33. The number of benzene rings is 1. The molecule has 1 saturated carbocycles. The molecule has 1 unspecified atom stereocenters. The summed E-state index contributed by atoms with van der Waals surface area (Å²) in [6.45, 7) is 1.57. The fourth-order valence-corrected chi connectivity index (χ4v) is 1.69. The third-order valence-corrected chi connectivity index (χ3v) is 2.99. The summed E-state index contributed by atoms with van der Waals surface area (Å²) in [5.41, 5.74) is 7.01. The summed E-state index contributed by atoms with van der Waals surface area (Å²) in [5.74, 6) is -0.687. The third kappa shape index (κ3) is 3.98. The molecule has 2 rings (SSSR count). The molecule has 0 radical (unpaired) electrons. The first-order valence-corrected chi connectivity index (χ1v) is 6.39. The predicted octanol–water partition coefficient (Wildman–Crippen LogP) is 1.02. The van der Waals surface area contributed by atoms with E-state index in [0.717, 1.165) is 12.8 Å². The van der Waals surface area contributed by atoms with Crippen LogP contribution >= 0.6 is 0 Å². The molecule has 1 aliphatic carbocycles. The zero-order valence-electron chi connectivity index (χ0n) is 10.9. The zero-order chi connectivity index (χ0) is 13.8. The van der Waals surface area contributed by atoms with Gasteiger partial charge in [-0.25, -0.2) is 0 Å². The number of nitrogen functional groups attached to an aromatic ring is 1. The summed E-state index contributed by atoms with van der Waals surface area (Å²) in [5, 5.41) is 2.79. The van der Waals surface area contributed by atoms with Gasteiger partial charge in [0.1, 0.15) is 0 Å². The molecule has 1 fully saturated rings. The number of anilines is 1. The van der Waals surface area contributed by atoms with Crippen LogP contribution in [0.25, 0.3) is 0 Å². The molecule has 19 heavy (non-hydrogen) atoms. The number of hydrogen-bond acceptors (Lipinski definition) is 4. The maximum atomic E-state index is 11.7. The molecule has 5 nitrogen and oxygen atoms in total. The van der Waals surface area contributed by atoms with Gasteiger partial charge in [0, 0.05) is 11.7 Å². The second kappa shape index (κ2) is 5.73. The van der Waals surface area contributed by atoms with Crippen molar-refractivity contribution >= 4 is 17.6 Å². The van der Waals surface area contributed by atoms with Gasteiger partial charge >= 0.3 is 5.97 Å². The molecule has 1 atom stereocenters. The first-order valence-electron chi connectivity index (χ1n) is 6.39. The number of hydrogen-bond donors (Lipinski definition) is 2. The molecule has 0 heterocycles. The lowest BCUT2D eigenvalue weighted by Crippen LogP contribution is -2.37. The Morgan fingerprint density at radius 2 is 2.11 bits per heavy atom. The number of amides is 1. The van der Waals surface area contributed by atoms with Gasteiger partial charge in [-0.15, -0.1) is 0 Å². The number of nitrogens with one attached hydrogen (secondary N) is 1. The smallest absolute Gasteiger partial charge is 0.311 e. The Hall–Kier alpha value is -2.04. The largest absolute Gasteiger partial charge is 0.452 e. The van der Waals surface area contributed by atoms with Crippen molar-refractivity contribution in [1.29, 1.82) is 0 Å². The van der Waals surface area contributed by atoms with Crippen LogP contribution in [0.1, 0.15) is 25.3 Å². The molecule has 0 bridgehead atoms. The molecule has 1 aromatic carbocycles. The van der Waals surface area contributed by atoms with Crippen LogP contribution < -0.4 is 11.1 Å². The van der Waals surface area contributed by atoms with Gasteiger partial charge in [0.2, 0.25) is 0 Å². The molecule has 0 aromatic heterocycles. The van der Waals surface area contributed by atoms with E-state index in [4.69, 9.17) is 10.5 Å². The quantitative estimate of drug-likeness (QED) is 0.613. The standard InChI is InChI=1S/C14H18N2O3/c1-9(14(18)16-11-6-7-11)19-13(17)8-10-4-2-3-5-12(10)15/h2-5,9,11H,6-8,15H2,1H3,(H,16,18).